The molecule has 1 aliphatic heterocycles. The van der Waals surface area contributed by atoms with Crippen molar-refractivity contribution >= 4 is 28.4 Å². The SMILES string of the molecule is NC(=O)C1CCCN(C(=O)c2cc3cccc(N)c3[nH]2)C1. The van der Waals surface area contributed by atoms with Crippen molar-refractivity contribution in [2.45, 2.75) is 12.8 Å². The molecule has 0 aliphatic carbocycles. The summed E-state index contributed by atoms with van der Waals surface area (Å²) in [6, 6.07) is 7.34. The summed E-state index contributed by atoms with van der Waals surface area (Å²) in [5.41, 5.74) is 13.1. The van der Waals surface area contributed by atoms with Gasteiger partial charge in [0.1, 0.15) is 5.69 Å². The van der Waals surface area contributed by atoms with Crippen molar-refractivity contribution in [1.29, 1.82) is 0 Å². The lowest BCUT2D eigenvalue weighted by Gasteiger charge is -2.30. The molecule has 110 valence electrons. The number of primary amides is 1. The zero-order valence-corrected chi connectivity index (χ0v) is 11.6. The van der Waals surface area contributed by atoms with Crippen molar-refractivity contribution in [1.82, 2.24) is 9.88 Å². The summed E-state index contributed by atoms with van der Waals surface area (Å²) in [5, 5.41) is 0.904. The maximum Gasteiger partial charge on any atom is 0.270 e. The Labute approximate surface area is 122 Å². The minimum absolute atomic E-state index is 0.114. The van der Waals surface area contributed by atoms with E-state index in [9.17, 15) is 9.59 Å². The van der Waals surface area contributed by atoms with Crippen LogP contribution in [0.15, 0.2) is 24.3 Å². The number of amides is 2. The van der Waals surface area contributed by atoms with Crippen molar-refractivity contribution in [2.75, 3.05) is 18.8 Å². The van der Waals surface area contributed by atoms with Crippen molar-refractivity contribution in [2.24, 2.45) is 11.7 Å². The molecule has 3 rings (SSSR count). The highest BCUT2D eigenvalue weighted by Gasteiger charge is 2.28. The summed E-state index contributed by atoms with van der Waals surface area (Å²) in [6.45, 7) is 1.03. The summed E-state index contributed by atoms with van der Waals surface area (Å²) in [5.74, 6) is -0.706. The van der Waals surface area contributed by atoms with E-state index in [1.54, 1.807) is 17.0 Å². The van der Waals surface area contributed by atoms with Gasteiger partial charge in [0.25, 0.3) is 5.91 Å². The van der Waals surface area contributed by atoms with E-state index in [1.807, 2.05) is 12.1 Å². The zero-order valence-electron chi connectivity index (χ0n) is 11.6. The highest BCUT2D eigenvalue weighted by molar-refractivity contribution is 6.01. The van der Waals surface area contributed by atoms with Gasteiger partial charge in [0.2, 0.25) is 5.91 Å². The van der Waals surface area contributed by atoms with Gasteiger partial charge in [-0.05, 0) is 25.0 Å². The highest BCUT2D eigenvalue weighted by Crippen LogP contribution is 2.23. The van der Waals surface area contributed by atoms with Gasteiger partial charge < -0.3 is 21.4 Å². The van der Waals surface area contributed by atoms with E-state index in [0.717, 1.165) is 23.7 Å². The summed E-state index contributed by atoms with van der Waals surface area (Å²) in [7, 11) is 0. The molecule has 1 unspecified atom stereocenters. The van der Waals surface area contributed by atoms with Gasteiger partial charge >= 0.3 is 0 Å². The van der Waals surface area contributed by atoms with Crippen LogP contribution in [0.5, 0.6) is 0 Å². The van der Waals surface area contributed by atoms with Crippen LogP contribution in [0.2, 0.25) is 0 Å². The molecular formula is C15H18N4O2. The number of para-hydroxylation sites is 1. The molecular weight excluding hydrogens is 268 g/mol. The fourth-order valence-corrected chi connectivity index (χ4v) is 2.86. The number of fused-ring (bicyclic) bond motifs is 1. The predicted molar refractivity (Wildman–Crippen MR) is 80.5 cm³/mol. The normalized spacial score (nSPS) is 18.9. The largest absolute Gasteiger partial charge is 0.397 e. The Hall–Kier alpha value is -2.50. The molecule has 1 atom stereocenters. The number of hydrogen-bond acceptors (Lipinski definition) is 3. The number of nitrogens with one attached hydrogen (secondary N) is 1. The van der Waals surface area contributed by atoms with E-state index < -0.39 is 0 Å². The number of carbonyl (C=O) groups is 2. The van der Waals surface area contributed by atoms with Crippen LogP contribution in [0.3, 0.4) is 0 Å². The number of H-pyrrole nitrogens is 1. The summed E-state index contributed by atoms with van der Waals surface area (Å²) in [4.78, 5) is 28.6. The third kappa shape index (κ3) is 2.44. The van der Waals surface area contributed by atoms with Gasteiger partial charge in [-0.25, -0.2) is 0 Å². The number of nitrogens with zero attached hydrogens (tertiary/aromatic N) is 1. The fraction of sp³-hybridized carbons (Fsp3) is 0.333. The van der Waals surface area contributed by atoms with E-state index in [1.165, 1.54) is 0 Å². The molecule has 2 heterocycles. The van der Waals surface area contributed by atoms with Crippen LogP contribution in [-0.4, -0.2) is 34.8 Å². The molecule has 1 aromatic carbocycles. The standard InChI is InChI=1S/C15H18N4O2/c16-11-5-1-3-9-7-12(18-13(9)11)15(21)19-6-2-4-10(8-19)14(17)20/h1,3,5,7,10,18H,2,4,6,8,16H2,(H2,17,20). The summed E-state index contributed by atoms with van der Waals surface area (Å²) in [6.07, 6.45) is 1.54. The van der Waals surface area contributed by atoms with Crippen molar-refractivity contribution in [3.63, 3.8) is 0 Å². The van der Waals surface area contributed by atoms with Crippen LogP contribution in [0.25, 0.3) is 10.9 Å². The first kappa shape index (κ1) is 13.5. The smallest absolute Gasteiger partial charge is 0.270 e. The maximum atomic E-state index is 12.6. The van der Waals surface area contributed by atoms with Gasteiger partial charge in [0.05, 0.1) is 17.1 Å². The Balaban J connectivity index is 1.86. The first-order chi connectivity index (χ1) is 10.1. The Bertz CT molecular complexity index is 707. The fourth-order valence-electron chi connectivity index (χ4n) is 2.86. The second-order valence-corrected chi connectivity index (χ2v) is 5.49. The number of hydrogen-bond donors (Lipinski definition) is 3. The molecule has 6 nitrogen and oxygen atoms in total. The second kappa shape index (κ2) is 5.12. The second-order valence-electron chi connectivity index (χ2n) is 5.49. The van der Waals surface area contributed by atoms with Crippen LogP contribution >= 0.6 is 0 Å². The summed E-state index contributed by atoms with van der Waals surface area (Å²) >= 11 is 0. The van der Waals surface area contributed by atoms with Gasteiger partial charge in [-0.15, -0.1) is 0 Å². The molecule has 5 N–H and O–H groups in total. The third-order valence-corrected chi connectivity index (χ3v) is 4.03. The van der Waals surface area contributed by atoms with Gasteiger partial charge in [-0.2, -0.15) is 0 Å². The number of benzene rings is 1. The molecule has 0 saturated carbocycles. The average Bonchev–Trinajstić information content (AvgIpc) is 2.92. The first-order valence-electron chi connectivity index (χ1n) is 7.02. The molecule has 0 radical (unpaired) electrons. The Morgan fingerprint density at radius 2 is 2.14 bits per heavy atom. The number of nitrogens with two attached hydrogens (primary N) is 2. The minimum atomic E-state index is -0.339. The number of nitrogen functional groups attached to an aromatic ring is 1. The molecule has 0 spiro atoms. The van der Waals surface area contributed by atoms with Crippen molar-refractivity contribution < 1.29 is 9.59 Å². The number of rotatable bonds is 2. The zero-order chi connectivity index (χ0) is 15.0. The topological polar surface area (TPSA) is 105 Å². The number of piperidine rings is 1. The number of aromatic nitrogens is 1. The van der Waals surface area contributed by atoms with Gasteiger partial charge in [-0.1, -0.05) is 12.1 Å². The van der Waals surface area contributed by atoms with E-state index in [4.69, 9.17) is 11.5 Å². The maximum absolute atomic E-state index is 12.6. The van der Waals surface area contributed by atoms with Crippen LogP contribution in [-0.2, 0) is 4.79 Å². The Morgan fingerprint density at radius 1 is 1.33 bits per heavy atom. The molecule has 21 heavy (non-hydrogen) atoms. The number of aromatic amines is 1. The Kier molecular flexibility index (Phi) is 3.29. The quantitative estimate of drug-likeness (QED) is 0.719. The molecule has 2 aromatic rings. The van der Waals surface area contributed by atoms with Crippen molar-refractivity contribution in [3.05, 3.63) is 30.0 Å². The molecule has 1 aromatic heterocycles. The van der Waals surface area contributed by atoms with Crippen LogP contribution < -0.4 is 11.5 Å². The molecule has 6 heteroatoms. The number of likely N-dealkylation sites (tertiary alicyclic amines) is 1. The number of carbonyl (C=O) groups excluding carboxylic acids is 2. The Morgan fingerprint density at radius 3 is 2.86 bits per heavy atom. The van der Waals surface area contributed by atoms with Crippen LogP contribution in [0.4, 0.5) is 5.69 Å². The van der Waals surface area contributed by atoms with E-state index in [-0.39, 0.29) is 17.7 Å². The molecule has 1 aliphatic rings. The number of anilines is 1. The van der Waals surface area contributed by atoms with E-state index in [2.05, 4.69) is 4.98 Å². The van der Waals surface area contributed by atoms with E-state index in [0.29, 0.717) is 24.5 Å². The summed E-state index contributed by atoms with van der Waals surface area (Å²) < 4.78 is 0. The van der Waals surface area contributed by atoms with Gasteiger partial charge in [0, 0.05) is 18.5 Å². The average molecular weight is 286 g/mol. The lowest BCUT2D eigenvalue weighted by Crippen LogP contribution is -2.44. The van der Waals surface area contributed by atoms with E-state index >= 15 is 0 Å². The molecule has 1 fully saturated rings. The van der Waals surface area contributed by atoms with Crippen LogP contribution in [0, 0.1) is 5.92 Å². The van der Waals surface area contributed by atoms with Gasteiger partial charge in [-0.3, -0.25) is 9.59 Å². The lowest BCUT2D eigenvalue weighted by atomic mass is 9.97. The molecule has 2 amide bonds. The minimum Gasteiger partial charge on any atom is -0.397 e. The first-order valence-corrected chi connectivity index (χ1v) is 7.02. The molecule has 0 bridgehead atoms. The third-order valence-electron chi connectivity index (χ3n) is 4.03. The lowest BCUT2D eigenvalue weighted by molar-refractivity contribution is -0.123. The monoisotopic (exact) mass is 286 g/mol. The van der Waals surface area contributed by atoms with Gasteiger partial charge in [0.15, 0.2) is 0 Å². The van der Waals surface area contributed by atoms with Crippen LogP contribution in [0.1, 0.15) is 23.3 Å². The predicted octanol–water partition coefficient (Wildman–Crippen LogP) is 1.09. The highest BCUT2D eigenvalue weighted by atomic mass is 16.2. The van der Waals surface area contributed by atoms with Crippen molar-refractivity contribution in [3.8, 4) is 0 Å². The molecule has 1 saturated heterocycles.